The number of hydrogen-bond donors (Lipinski definition) is 2. The highest BCUT2D eigenvalue weighted by molar-refractivity contribution is 5.72. The molecule has 3 heterocycles. The molecule has 0 aliphatic carbocycles. The van der Waals surface area contributed by atoms with Crippen LogP contribution in [0.15, 0.2) is 41.2 Å². The highest BCUT2D eigenvalue weighted by Crippen LogP contribution is 2.35. The van der Waals surface area contributed by atoms with Crippen molar-refractivity contribution in [1.29, 1.82) is 0 Å². The van der Waals surface area contributed by atoms with E-state index in [-0.39, 0.29) is 11.5 Å². The number of carboxylic acid groups (broad SMARTS) is 1. The minimum atomic E-state index is -0.782. The summed E-state index contributed by atoms with van der Waals surface area (Å²) in [5.74, 6) is -1.32. The molecule has 0 amide bonds. The van der Waals surface area contributed by atoms with Gasteiger partial charge in [-0.15, -0.1) is 0 Å². The molecule has 7 nitrogen and oxygen atoms in total. The second-order valence-corrected chi connectivity index (χ2v) is 7.32. The summed E-state index contributed by atoms with van der Waals surface area (Å²) >= 11 is 0. The van der Waals surface area contributed by atoms with E-state index in [1.807, 2.05) is 44.2 Å². The Hall–Kier alpha value is -2.93. The van der Waals surface area contributed by atoms with Crippen molar-refractivity contribution in [3.63, 3.8) is 0 Å². The number of carbonyl (C=O) groups is 1. The Labute approximate surface area is 156 Å². The Morgan fingerprint density at radius 3 is 2.78 bits per heavy atom. The monoisotopic (exact) mass is 366 g/mol. The second kappa shape index (κ2) is 6.66. The Kier molecular flexibility index (Phi) is 4.31. The van der Waals surface area contributed by atoms with Crippen LogP contribution in [0.25, 0.3) is 5.65 Å². The van der Waals surface area contributed by atoms with Gasteiger partial charge in [-0.1, -0.05) is 24.3 Å². The van der Waals surface area contributed by atoms with E-state index < -0.39 is 11.9 Å². The number of nitrogens with zero attached hydrogens (tertiary/aromatic N) is 3. The lowest BCUT2D eigenvalue weighted by molar-refractivity contribution is -0.141. The third-order valence-corrected chi connectivity index (χ3v) is 5.32. The highest BCUT2D eigenvalue weighted by Gasteiger charge is 2.39. The Morgan fingerprint density at radius 1 is 1.26 bits per heavy atom. The number of benzene rings is 1. The molecular weight excluding hydrogens is 344 g/mol. The summed E-state index contributed by atoms with van der Waals surface area (Å²) in [6, 6.07) is 11.3. The number of aliphatic carboxylic acids is 1. The Bertz CT molecular complexity index is 1070. The molecule has 1 aliphatic heterocycles. The summed E-state index contributed by atoms with van der Waals surface area (Å²) in [7, 11) is 0. The quantitative estimate of drug-likeness (QED) is 0.736. The third-order valence-electron chi connectivity index (χ3n) is 5.32. The molecule has 1 saturated heterocycles. The molecule has 0 unspecified atom stereocenters. The van der Waals surface area contributed by atoms with Crippen LogP contribution in [0.4, 0.5) is 0 Å². The number of aryl methyl sites for hydroxylation is 2. The minimum absolute atomic E-state index is 0.0666. The van der Waals surface area contributed by atoms with E-state index in [4.69, 9.17) is 0 Å². The van der Waals surface area contributed by atoms with E-state index in [0.29, 0.717) is 31.0 Å². The van der Waals surface area contributed by atoms with Crippen molar-refractivity contribution in [2.45, 2.75) is 26.3 Å². The van der Waals surface area contributed by atoms with Crippen molar-refractivity contribution in [1.82, 2.24) is 19.5 Å². The van der Waals surface area contributed by atoms with Gasteiger partial charge in [-0.2, -0.15) is 0 Å². The largest absolute Gasteiger partial charge is 0.481 e. The van der Waals surface area contributed by atoms with Gasteiger partial charge >= 0.3 is 5.97 Å². The lowest BCUT2D eigenvalue weighted by Crippen LogP contribution is -2.25. The number of aromatic amines is 1. The van der Waals surface area contributed by atoms with Crippen LogP contribution in [0.3, 0.4) is 0 Å². The van der Waals surface area contributed by atoms with E-state index in [1.54, 1.807) is 0 Å². The molecule has 0 spiro atoms. The lowest BCUT2D eigenvalue weighted by Gasteiger charge is -2.17. The predicted octanol–water partition coefficient (Wildman–Crippen LogP) is 1.94. The van der Waals surface area contributed by atoms with Crippen LogP contribution < -0.4 is 5.56 Å². The summed E-state index contributed by atoms with van der Waals surface area (Å²) in [5, 5.41) is 12.7. The summed E-state index contributed by atoms with van der Waals surface area (Å²) in [4.78, 5) is 30.7. The normalized spacial score (nSPS) is 20.4. The number of H-pyrrole nitrogens is 1. The molecule has 0 saturated carbocycles. The zero-order chi connectivity index (χ0) is 19.1. The number of nitrogens with one attached hydrogen (secondary N) is 1. The summed E-state index contributed by atoms with van der Waals surface area (Å²) in [6.07, 6.45) is 0. The van der Waals surface area contributed by atoms with Gasteiger partial charge in [0.05, 0.1) is 11.6 Å². The topological polar surface area (TPSA) is 90.7 Å². The summed E-state index contributed by atoms with van der Waals surface area (Å²) in [5.41, 5.74) is 4.14. The van der Waals surface area contributed by atoms with Crippen LogP contribution in [0, 0.1) is 19.8 Å². The summed E-state index contributed by atoms with van der Waals surface area (Å²) in [6.45, 7) is 5.43. The predicted molar refractivity (Wildman–Crippen MR) is 101 cm³/mol. The first-order valence-electron chi connectivity index (χ1n) is 9.01. The molecule has 3 aromatic rings. The van der Waals surface area contributed by atoms with Gasteiger partial charge in [0.15, 0.2) is 5.65 Å². The molecule has 1 aliphatic rings. The van der Waals surface area contributed by atoms with Gasteiger partial charge in [0.1, 0.15) is 0 Å². The number of aromatic nitrogens is 3. The van der Waals surface area contributed by atoms with Crippen molar-refractivity contribution in [3.05, 3.63) is 69.3 Å². The van der Waals surface area contributed by atoms with Gasteiger partial charge in [-0.25, -0.2) is 9.50 Å². The third kappa shape index (κ3) is 3.26. The zero-order valence-electron chi connectivity index (χ0n) is 15.3. The standard InChI is InChI=1S/C20H22N4O3/c1-12-5-3-4-6-15(12)16-10-23(11-17(16)20(26)27)9-14-8-19(25)24-18(21-14)7-13(2)22-24/h3-8,16-17,22H,9-11H2,1-2H3,(H,26,27)/t16-,17+/m1/s1. The fourth-order valence-corrected chi connectivity index (χ4v) is 4.05. The Balaban J connectivity index is 1.61. The van der Waals surface area contributed by atoms with Crippen LogP contribution in [0.1, 0.15) is 28.4 Å². The molecule has 0 bridgehead atoms. The van der Waals surface area contributed by atoms with Gasteiger partial charge in [-0.05, 0) is 25.0 Å². The smallest absolute Gasteiger partial charge is 0.308 e. The van der Waals surface area contributed by atoms with Crippen molar-refractivity contribution in [3.8, 4) is 0 Å². The number of likely N-dealkylation sites (tertiary alicyclic amines) is 1. The van der Waals surface area contributed by atoms with Crippen LogP contribution >= 0.6 is 0 Å². The van der Waals surface area contributed by atoms with E-state index >= 15 is 0 Å². The van der Waals surface area contributed by atoms with Gasteiger partial charge in [0.25, 0.3) is 5.56 Å². The molecule has 140 valence electrons. The van der Waals surface area contributed by atoms with E-state index in [0.717, 1.165) is 16.8 Å². The highest BCUT2D eigenvalue weighted by atomic mass is 16.4. The molecule has 2 aromatic heterocycles. The SMILES string of the molecule is Cc1cc2nc(CN3C[C@H](C(=O)O)[C@@H](c4ccccc4C)C3)cc(=O)n2[nH]1. The first-order chi connectivity index (χ1) is 12.9. The van der Waals surface area contributed by atoms with E-state index in [2.05, 4.69) is 15.0 Å². The number of hydrogen-bond acceptors (Lipinski definition) is 4. The van der Waals surface area contributed by atoms with Crippen LogP contribution in [0.2, 0.25) is 0 Å². The first kappa shape index (κ1) is 17.5. The lowest BCUT2D eigenvalue weighted by atomic mass is 9.86. The number of rotatable bonds is 4. The first-order valence-corrected chi connectivity index (χ1v) is 9.01. The minimum Gasteiger partial charge on any atom is -0.481 e. The summed E-state index contributed by atoms with van der Waals surface area (Å²) < 4.78 is 1.42. The molecule has 2 atom stereocenters. The van der Waals surface area contributed by atoms with Gasteiger partial charge in [-0.3, -0.25) is 19.6 Å². The molecule has 27 heavy (non-hydrogen) atoms. The average molecular weight is 366 g/mol. The van der Waals surface area contributed by atoms with Crippen LogP contribution in [0.5, 0.6) is 0 Å². The maximum Gasteiger partial charge on any atom is 0.308 e. The van der Waals surface area contributed by atoms with Crippen molar-refractivity contribution in [2.24, 2.45) is 5.92 Å². The molecule has 2 N–H and O–H groups in total. The second-order valence-electron chi connectivity index (χ2n) is 7.32. The van der Waals surface area contributed by atoms with Gasteiger partial charge < -0.3 is 5.11 Å². The molecular formula is C20H22N4O3. The molecule has 1 fully saturated rings. The maximum absolute atomic E-state index is 12.3. The number of carboxylic acids is 1. The number of fused-ring (bicyclic) bond motifs is 1. The molecule has 4 rings (SSSR count). The average Bonchev–Trinajstić information content (AvgIpc) is 3.19. The van der Waals surface area contributed by atoms with Crippen LogP contribution in [-0.4, -0.2) is 43.7 Å². The fraction of sp³-hybridized carbons (Fsp3) is 0.350. The van der Waals surface area contributed by atoms with Crippen molar-refractivity contribution >= 4 is 11.6 Å². The Morgan fingerprint density at radius 2 is 2.04 bits per heavy atom. The van der Waals surface area contributed by atoms with Crippen molar-refractivity contribution < 1.29 is 9.90 Å². The van der Waals surface area contributed by atoms with Gasteiger partial charge in [0.2, 0.25) is 0 Å². The van der Waals surface area contributed by atoms with Crippen molar-refractivity contribution in [2.75, 3.05) is 13.1 Å². The van der Waals surface area contributed by atoms with Gasteiger partial charge in [0, 0.05) is 43.4 Å². The zero-order valence-corrected chi connectivity index (χ0v) is 15.3. The maximum atomic E-state index is 12.3. The van der Waals surface area contributed by atoms with E-state index in [9.17, 15) is 14.7 Å². The molecule has 0 radical (unpaired) electrons. The van der Waals surface area contributed by atoms with E-state index in [1.165, 1.54) is 10.6 Å². The molecule has 7 heteroatoms. The fourth-order valence-electron chi connectivity index (χ4n) is 4.05. The van der Waals surface area contributed by atoms with Crippen LogP contribution in [-0.2, 0) is 11.3 Å². The molecule has 1 aromatic carbocycles.